The van der Waals surface area contributed by atoms with Crippen LogP contribution >= 0.6 is 0 Å². The average Bonchev–Trinajstić information content (AvgIpc) is 0. The molecule has 0 aliphatic rings. The van der Waals surface area contributed by atoms with Crippen molar-refractivity contribution in [3.05, 3.63) is 0 Å². The van der Waals surface area contributed by atoms with Crippen LogP contribution in [0, 0.1) is 0 Å². The second kappa shape index (κ2) is 19.8. The van der Waals surface area contributed by atoms with Crippen molar-refractivity contribution in [3.8, 4) is 0 Å². The Labute approximate surface area is 69.3 Å². The summed E-state index contributed by atoms with van der Waals surface area (Å²) in [6.07, 6.45) is 0. The molecule has 0 amide bonds. The van der Waals surface area contributed by atoms with Crippen molar-refractivity contribution in [2.45, 2.75) is 0 Å². The molecule has 0 N–H and O–H groups in total. The molecule has 0 aliphatic heterocycles. The summed E-state index contributed by atoms with van der Waals surface area (Å²) in [5, 5.41) is 0. The van der Waals surface area contributed by atoms with Gasteiger partial charge in [0.2, 0.25) is 0 Å². The fourth-order valence-corrected chi connectivity index (χ4v) is 0. The van der Waals surface area contributed by atoms with E-state index in [9.17, 15) is 0 Å². The fourth-order valence-electron chi connectivity index (χ4n) is 0. The van der Waals surface area contributed by atoms with Gasteiger partial charge in [-0.25, -0.2) is 0 Å². The van der Waals surface area contributed by atoms with Crippen LogP contribution in [0.2, 0.25) is 0 Å². The van der Waals surface area contributed by atoms with E-state index in [1.54, 1.807) is 0 Å². The molecule has 0 fully saturated rings. The molecule has 0 bridgehead atoms. The van der Waals surface area contributed by atoms with Crippen molar-refractivity contribution in [2.75, 3.05) is 0 Å². The van der Waals surface area contributed by atoms with Gasteiger partial charge >= 0.3 is 18.9 Å². The Morgan fingerprint density at radius 2 is 1.25 bits per heavy atom. The first-order valence-electron chi connectivity index (χ1n) is 0. The third-order valence-corrected chi connectivity index (χ3v) is 0. The fraction of sp³-hybridized carbons (Fsp3) is 0. The van der Waals surface area contributed by atoms with Crippen LogP contribution in [0.3, 0.4) is 0 Å². The summed E-state index contributed by atoms with van der Waals surface area (Å²) >= 11 is 0. The Bertz CT molecular complexity index is 11.6. The Morgan fingerprint density at radius 3 is 1.25 bits per heavy atom. The van der Waals surface area contributed by atoms with Gasteiger partial charge in [-0.1, -0.05) is 0 Å². The smallest absolute Gasteiger partial charge is 1.00 e. The van der Waals surface area contributed by atoms with Crippen molar-refractivity contribution in [3.63, 3.8) is 0 Å². The van der Waals surface area contributed by atoms with Gasteiger partial charge < -0.3 is 1.43 Å². The maximum absolute atomic E-state index is 0. The second-order valence-corrected chi connectivity index (χ2v) is 0. The van der Waals surface area contributed by atoms with E-state index in [-0.39, 0.29) is 69.7 Å². The quantitative estimate of drug-likeness (QED) is 0.304. The summed E-state index contributed by atoms with van der Waals surface area (Å²) in [5.41, 5.74) is 0. The minimum absolute atomic E-state index is 0. The molecular weight excluding hydrogens is 142 g/mol. The molecule has 0 saturated heterocycles. The van der Waals surface area contributed by atoms with Crippen LogP contribution in [-0.4, -0.2) is 11.0 Å². The average molecular weight is 147 g/mol. The van der Waals surface area contributed by atoms with E-state index in [2.05, 4.69) is 0 Å². The Kier molecular flexibility index (Phi) is 183. The van der Waals surface area contributed by atoms with Crippen LogP contribution in [-0.2, 0) is 38.5 Å². The topological polar surface area (TPSA) is 0 Å². The maximum Gasteiger partial charge on any atom is 1.00 e. The van der Waals surface area contributed by atoms with Gasteiger partial charge in [-0.05, 0) is 11.0 Å². The third kappa shape index (κ3) is 8.97. The molecule has 4 heavy (non-hydrogen) atoms. The summed E-state index contributed by atoms with van der Waals surface area (Å²) in [4.78, 5) is 0. The van der Waals surface area contributed by atoms with Crippen LogP contribution in [0.25, 0.3) is 0 Å². The predicted octanol–water partition coefficient (Wildman–Crippen LogP) is -4.34. The molecule has 0 unspecified atom stereocenters. The third-order valence-electron chi connectivity index (χ3n) is 0. The first kappa shape index (κ1) is 36.9. The maximum atomic E-state index is 0. The van der Waals surface area contributed by atoms with E-state index in [1.165, 1.54) is 0 Å². The largest absolute Gasteiger partial charge is 1.00 e. The van der Waals surface area contributed by atoms with Crippen molar-refractivity contribution >= 4 is 11.0 Å². The van der Waals surface area contributed by atoms with Gasteiger partial charge in [-0.15, -0.1) is 0 Å². The van der Waals surface area contributed by atoms with Crippen molar-refractivity contribution in [2.24, 2.45) is 0 Å². The zero-order valence-electron chi connectivity index (χ0n) is 2.83. The van der Waals surface area contributed by atoms with E-state index in [4.69, 9.17) is 0 Å². The molecule has 4 heteroatoms. The molecule has 0 aliphatic carbocycles. The van der Waals surface area contributed by atoms with Gasteiger partial charge in [0.15, 0.2) is 0 Å². The molecule has 1 radical (unpaired) electrons. The normalized spacial score (nSPS) is 0. The summed E-state index contributed by atoms with van der Waals surface area (Å²) < 4.78 is 0. The Balaban J connectivity index is 0. The minimum atomic E-state index is 0. The number of rotatable bonds is 0. The molecule has 23 valence electrons. The van der Waals surface area contributed by atoms with Crippen molar-refractivity contribution in [1.82, 2.24) is 0 Å². The van der Waals surface area contributed by atoms with E-state index >= 15 is 0 Å². The predicted molar refractivity (Wildman–Crippen MR) is 12.4 cm³/mol. The first-order valence-corrected chi connectivity index (χ1v) is 0. The Morgan fingerprint density at radius 1 is 1.25 bits per heavy atom. The molecule has 0 aromatic heterocycles. The molecule has 0 aromatic rings. The van der Waals surface area contributed by atoms with Crippen LogP contribution in [0.5, 0.6) is 0 Å². The minimum Gasteiger partial charge on any atom is -1.00 e. The second-order valence-electron chi connectivity index (χ2n) is 0. The molecular formula is H5CoLiSiTi. The van der Waals surface area contributed by atoms with Crippen molar-refractivity contribution < 1.29 is 58.8 Å². The van der Waals surface area contributed by atoms with Crippen LogP contribution < -0.4 is 18.9 Å². The number of hydrogen-bond donors (Lipinski definition) is 0. The van der Waals surface area contributed by atoms with E-state index < -0.39 is 0 Å². The van der Waals surface area contributed by atoms with Gasteiger partial charge in [-0.2, -0.15) is 0 Å². The van der Waals surface area contributed by atoms with E-state index in [1.807, 2.05) is 0 Å². The molecule has 0 nitrogen and oxygen atoms in total. The van der Waals surface area contributed by atoms with Gasteiger partial charge in [0.1, 0.15) is 0 Å². The van der Waals surface area contributed by atoms with Crippen molar-refractivity contribution in [1.29, 1.82) is 0 Å². The van der Waals surface area contributed by atoms with Gasteiger partial charge in [0.25, 0.3) is 0 Å². The Hall–Kier alpha value is 2.04. The molecule has 0 aromatic carbocycles. The van der Waals surface area contributed by atoms with Crippen LogP contribution in [0.1, 0.15) is 1.43 Å². The molecule has 0 heterocycles. The van der Waals surface area contributed by atoms with E-state index in [0.717, 1.165) is 0 Å². The molecule has 0 rings (SSSR count). The van der Waals surface area contributed by atoms with E-state index in [0.29, 0.717) is 0 Å². The molecule has 0 atom stereocenters. The zero-order chi connectivity index (χ0) is 0. The SMILES string of the molecule is [Co].[H-].[Li+].[SiH4].[Ti]. The number of hydrogen-bond acceptors (Lipinski definition) is 0. The van der Waals surface area contributed by atoms with Crippen LogP contribution in [0.15, 0.2) is 0 Å². The summed E-state index contributed by atoms with van der Waals surface area (Å²) in [7, 11) is 0. The molecule has 0 saturated carbocycles. The van der Waals surface area contributed by atoms with Gasteiger partial charge in [0.05, 0.1) is 0 Å². The summed E-state index contributed by atoms with van der Waals surface area (Å²) in [5.74, 6) is 0. The monoisotopic (exact) mass is 147 g/mol. The first-order chi connectivity index (χ1) is 0. The van der Waals surface area contributed by atoms with Gasteiger partial charge in [0, 0.05) is 38.5 Å². The molecule has 0 spiro atoms. The standard InChI is InChI=1S/Co.Li.H4Si.Ti.H/h;;1H4;;/q;+1;;;-1. The summed E-state index contributed by atoms with van der Waals surface area (Å²) in [6.45, 7) is 0. The van der Waals surface area contributed by atoms with Crippen LogP contribution in [0.4, 0.5) is 0 Å². The zero-order valence-corrected chi connectivity index (χ0v) is 4.44. The van der Waals surface area contributed by atoms with Gasteiger partial charge in [-0.3, -0.25) is 0 Å². The summed E-state index contributed by atoms with van der Waals surface area (Å²) in [6, 6.07) is 0.